The second-order valence-electron chi connectivity index (χ2n) is 5.38. The van der Waals surface area contributed by atoms with E-state index < -0.39 is 5.60 Å². The summed E-state index contributed by atoms with van der Waals surface area (Å²) in [6.45, 7) is 5.43. The highest BCUT2D eigenvalue weighted by atomic mass is 19.1. The molecule has 0 aliphatic heterocycles. The van der Waals surface area contributed by atoms with Gasteiger partial charge in [-0.05, 0) is 44.9 Å². The fourth-order valence-corrected chi connectivity index (χ4v) is 1.64. The van der Waals surface area contributed by atoms with Crippen molar-refractivity contribution in [1.29, 1.82) is 0 Å². The maximum Gasteiger partial charge on any atom is 0.307 e. The van der Waals surface area contributed by atoms with E-state index in [0.717, 1.165) is 5.56 Å². The summed E-state index contributed by atoms with van der Waals surface area (Å²) in [5.74, 6) is -0.622. The fourth-order valence-electron chi connectivity index (χ4n) is 1.64. The third-order valence-electron chi connectivity index (χ3n) is 2.24. The number of benzene rings is 1. The number of esters is 1. The molecule has 0 aromatic heterocycles. The van der Waals surface area contributed by atoms with Gasteiger partial charge in [0.25, 0.3) is 0 Å². The lowest BCUT2D eigenvalue weighted by molar-refractivity contribution is -0.155. The van der Waals surface area contributed by atoms with Crippen molar-refractivity contribution < 1.29 is 13.9 Å². The van der Waals surface area contributed by atoms with Gasteiger partial charge in [0.1, 0.15) is 11.4 Å². The largest absolute Gasteiger partial charge is 0.460 e. The lowest BCUT2D eigenvalue weighted by Gasteiger charge is -2.21. The van der Waals surface area contributed by atoms with Gasteiger partial charge in [-0.2, -0.15) is 0 Å². The second kappa shape index (κ2) is 5.96. The minimum Gasteiger partial charge on any atom is -0.460 e. The molecule has 0 aliphatic rings. The van der Waals surface area contributed by atoms with Crippen LogP contribution in [0.25, 0.3) is 0 Å². The predicted molar refractivity (Wildman–Crippen MR) is 68.5 cm³/mol. The van der Waals surface area contributed by atoms with Crippen molar-refractivity contribution in [2.75, 3.05) is 0 Å². The molecule has 0 saturated carbocycles. The van der Waals surface area contributed by atoms with Crippen molar-refractivity contribution in [2.45, 2.75) is 45.3 Å². The van der Waals surface area contributed by atoms with E-state index in [2.05, 4.69) is 0 Å². The van der Waals surface area contributed by atoms with Crippen molar-refractivity contribution in [3.05, 3.63) is 35.6 Å². The Labute approximate surface area is 107 Å². The smallest absolute Gasteiger partial charge is 0.307 e. The van der Waals surface area contributed by atoms with Crippen molar-refractivity contribution in [3.8, 4) is 0 Å². The van der Waals surface area contributed by atoms with Crippen molar-refractivity contribution in [3.63, 3.8) is 0 Å². The molecule has 0 amide bonds. The molecule has 0 spiro atoms. The van der Waals surface area contributed by atoms with Gasteiger partial charge in [-0.25, -0.2) is 4.39 Å². The molecule has 0 heterocycles. The molecule has 0 radical (unpaired) electrons. The van der Waals surface area contributed by atoms with E-state index in [1.807, 2.05) is 20.8 Å². The third-order valence-corrected chi connectivity index (χ3v) is 2.24. The standard InChI is InChI=1S/C14H20FNO2/c1-14(2,3)18-13(17)9-12(16)8-10-5-4-6-11(15)7-10/h4-7,12H,8-9,16H2,1-3H3/t12-/m0/s1. The summed E-state index contributed by atoms with van der Waals surface area (Å²) >= 11 is 0. The van der Waals surface area contributed by atoms with E-state index in [1.165, 1.54) is 12.1 Å². The van der Waals surface area contributed by atoms with Gasteiger partial charge in [-0.3, -0.25) is 4.79 Å². The Morgan fingerprint density at radius 2 is 2.11 bits per heavy atom. The average Bonchev–Trinajstić information content (AvgIpc) is 2.13. The summed E-state index contributed by atoms with van der Waals surface area (Å²) in [5, 5.41) is 0. The molecule has 0 bridgehead atoms. The third kappa shape index (κ3) is 5.77. The van der Waals surface area contributed by atoms with Crippen LogP contribution in [0.2, 0.25) is 0 Å². The van der Waals surface area contributed by atoms with Gasteiger partial charge >= 0.3 is 5.97 Å². The van der Waals surface area contributed by atoms with Crippen LogP contribution in [0.3, 0.4) is 0 Å². The number of halogens is 1. The van der Waals surface area contributed by atoms with Crippen molar-refractivity contribution in [1.82, 2.24) is 0 Å². The molecule has 1 atom stereocenters. The number of hydrogen-bond acceptors (Lipinski definition) is 3. The van der Waals surface area contributed by atoms with E-state index in [-0.39, 0.29) is 24.2 Å². The molecule has 18 heavy (non-hydrogen) atoms. The zero-order valence-corrected chi connectivity index (χ0v) is 11.1. The highest BCUT2D eigenvalue weighted by Gasteiger charge is 2.18. The average molecular weight is 253 g/mol. The SMILES string of the molecule is CC(C)(C)OC(=O)C[C@@H](N)Cc1cccc(F)c1. The number of carbonyl (C=O) groups excluding carboxylic acids is 1. The van der Waals surface area contributed by atoms with Crippen LogP contribution >= 0.6 is 0 Å². The summed E-state index contributed by atoms with van der Waals surface area (Å²) in [7, 11) is 0. The molecule has 1 aromatic rings. The molecular weight excluding hydrogens is 233 g/mol. The Bertz CT molecular complexity index is 413. The molecule has 0 saturated heterocycles. The van der Waals surface area contributed by atoms with Gasteiger partial charge in [0, 0.05) is 6.04 Å². The number of rotatable bonds is 4. The van der Waals surface area contributed by atoms with Crippen LogP contribution in [-0.4, -0.2) is 17.6 Å². The maximum absolute atomic E-state index is 13.0. The van der Waals surface area contributed by atoms with Crippen LogP contribution in [-0.2, 0) is 16.0 Å². The summed E-state index contributed by atoms with van der Waals surface area (Å²) in [4.78, 5) is 11.5. The summed E-state index contributed by atoms with van der Waals surface area (Å²) in [6, 6.07) is 5.86. The monoisotopic (exact) mass is 253 g/mol. The van der Waals surface area contributed by atoms with Crippen LogP contribution < -0.4 is 5.73 Å². The van der Waals surface area contributed by atoms with Crippen LogP contribution in [0.5, 0.6) is 0 Å². The number of hydrogen-bond donors (Lipinski definition) is 1. The van der Waals surface area contributed by atoms with Crippen molar-refractivity contribution in [2.24, 2.45) is 5.73 Å². The highest BCUT2D eigenvalue weighted by molar-refractivity contribution is 5.70. The fraction of sp³-hybridized carbons (Fsp3) is 0.500. The minimum atomic E-state index is -0.504. The van der Waals surface area contributed by atoms with Gasteiger partial charge in [-0.1, -0.05) is 12.1 Å². The Morgan fingerprint density at radius 3 is 2.67 bits per heavy atom. The van der Waals surface area contributed by atoms with Gasteiger partial charge in [0.2, 0.25) is 0 Å². The molecule has 1 aromatic carbocycles. The zero-order chi connectivity index (χ0) is 13.8. The molecule has 3 nitrogen and oxygen atoms in total. The van der Waals surface area contributed by atoms with E-state index in [1.54, 1.807) is 12.1 Å². The lowest BCUT2D eigenvalue weighted by atomic mass is 10.0. The first-order chi connectivity index (χ1) is 8.26. The summed E-state index contributed by atoms with van der Waals surface area (Å²) in [6.07, 6.45) is 0.588. The van der Waals surface area contributed by atoms with Gasteiger partial charge in [0.05, 0.1) is 6.42 Å². The predicted octanol–water partition coefficient (Wildman–Crippen LogP) is 2.43. The first-order valence-corrected chi connectivity index (χ1v) is 5.98. The van der Waals surface area contributed by atoms with Crippen LogP contribution in [0.1, 0.15) is 32.8 Å². The maximum atomic E-state index is 13.0. The van der Waals surface area contributed by atoms with E-state index in [0.29, 0.717) is 6.42 Å². The quantitative estimate of drug-likeness (QED) is 0.838. The van der Waals surface area contributed by atoms with Gasteiger partial charge in [0.15, 0.2) is 0 Å². The zero-order valence-electron chi connectivity index (χ0n) is 11.1. The molecule has 1 rings (SSSR count). The summed E-state index contributed by atoms with van der Waals surface area (Å²) in [5.41, 5.74) is 6.13. The van der Waals surface area contributed by atoms with E-state index in [4.69, 9.17) is 10.5 Å². The van der Waals surface area contributed by atoms with E-state index >= 15 is 0 Å². The summed E-state index contributed by atoms with van der Waals surface area (Å²) < 4.78 is 18.1. The van der Waals surface area contributed by atoms with Crippen LogP contribution in [0, 0.1) is 5.82 Å². The molecule has 2 N–H and O–H groups in total. The Balaban J connectivity index is 2.47. The molecule has 0 unspecified atom stereocenters. The Morgan fingerprint density at radius 1 is 1.44 bits per heavy atom. The first kappa shape index (κ1) is 14.6. The molecule has 0 fully saturated rings. The van der Waals surface area contributed by atoms with Gasteiger partial charge < -0.3 is 10.5 Å². The number of ether oxygens (including phenoxy) is 1. The lowest BCUT2D eigenvalue weighted by Crippen LogP contribution is -2.31. The Kier molecular flexibility index (Phi) is 4.84. The highest BCUT2D eigenvalue weighted by Crippen LogP contribution is 2.11. The first-order valence-electron chi connectivity index (χ1n) is 5.98. The molecule has 100 valence electrons. The molecular formula is C14H20FNO2. The molecule has 0 aliphatic carbocycles. The van der Waals surface area contributed by atoms with Crippen LogP contribution in [0.15, 0.2) is 24.3 Å². The van der Waals surface area contributed by atoms with E-state index in [9.17, 15) is 9.18 Å². The normalized spacial score (nSPS) is 13.2. The second-order valence-corrected chi connectivity index (χ2v) is 5.38. The topological polar surface area (TPSA) is 52.3 Å². The minimum absolute atomic E-state index is 0.133. The Hall–Kier alpha value is -1.42. The van der Waals surface area contributed by atoms with Crippen LogP contribution in [0.4, 0.5) is 4.39 Å². The van der Waals surface area contributed by atoms with Gasteiger partial charge in [-0.15, -0.1) is 0 Å². The molecule has 4 heteroatoms. The number of carbonyl (C=O) groups is 1. The van der Waals surface area contributed by atoms with Crippen molar-refractivity contribution >= 4 is 5.97 Å². The number of nitrogens with two attached hydrogens (primary N) is 1.